The zero-order chi connectivity index (χ0) is 10.8. The van der Waals surface area contributed by atoms with E-state index in [4.69, 9.17) is 10.8 Å². The molecule has 84 valence electrons. The van der Waals surface area contributed by atoms with E-state index in [9.17, 15) is 0 Å². The van der Waals surface area contributed by atoms with E-state index in [-0.39, 0.29) is 6.61 Å². The average molecular weight is 209 g/mol. The van der Waals surface area contributed by atoms with Crippen LogP contribution in [0.1, 0.15) is 23.6 Å². The summed E-state index contributed by atoms with van der Waals surface area (Å²) < 4.78 is 2.23. The zero-order valence-electron chi connectivity index (χ0n) is 9.24. The molecule has 1 aromatic rings. The minimum Gasteiger partial charge on any atom is -0.396 e. The van der Waals surface area contributed by atoms with Gasteiger partial charge in [0.25, 0.3) is 0 Å². The number of rotatable bonds is 3. The highest BCUT2D eigenvalue weighted by Gasteiger charge is 2.23. The number of imidazole rings is 1. The maximum atomic E-state index is 9.14. The smallest absolute Gasteiger partial charge is 0.106 e. The maximum Gasteiger partial charge on any atom is 0.106 e. The molecule has 1 heterocycles. The van der Waals surface area contributed by atoms with Crippen LogP contribution in [0, 0.1) is 12.8 Å². The van der Waals surface area contributed by atoms with Gasteiger partial charge < -0.3 is 15.4 Å². The van der Waals surface area contributed by atoms with Gasteiger partial charge in [-0.05, 0) is 32.1 Å². The molecule has 1 unspecified atom stereocenters. The first-order valence-electron chi connectivity index (χ1n) is 5.62. The molecule has 0 saturated heterocycles. The number of aliphatic hydroxyl groups is 1. The summed E-state index contributed by atoms with van der Waals surface area (Å²) in [4.78, 5) is 4.56. The fourth-order valence-corrected chi connectivity index (χ4v) is 2.41. The van der Waals surface area contributed by atoms with Crippen molar-refractivity contribution >= 4 is 0 Å². The molecule has 0 fully saturated rings. The third-order valence-electron chi connectivity index (χ3n) is 3.23. The van der Waals surface area contributed by atoms with Gasteiger partial charge >= 0.3 is 0 Å². The van der Waals surface area contributed by atoms with Gasteiger partial charge in [-0.25, -0.2) is 4.98 Å². The van der Waals surface area contributed by atoms with E-state index < -0.39 is 0 Å². The van der Waals surface area contributed by atoms with E-state index in [1.807, 2.05) is 6.92 Å². The lowest BCUT2D eigenvalue weighted by Crippen LogP contribution is -2.20. The number of nitrogens with zero attached hydrogens (tertiary/aromatic N) is 2. The first-order chi connectivity index (χ1) is 7.26. The molecule has 1 aliphatic rings. The maximum absolute atomic E-state index is 9.14. The number of hydrogen-bond donors (Lipinski definition) is 2. The molecule has 0 bridgehead atoms. The summed E-state index contributed by atoms with van der Waals surface area (Å²) in [6.07, 6.45) is 3.02. The van der Waals surface area contributed by atoms with Crippen molar-refractivity contribution in [2.75, 3.05) is 13.2 Å². The second kappa shape index (κ2) is 4.33. The second-order valence-corrected chi connectivity index (χ2v) is 4.28. The number of aromatic nitrogens is 2. The molecule has 0 amide bonds. The quantitative estimate of drug-likeness (QED) is 0.750. The summed E-state index contributed by atoms with van der Waals surface area (Å²) >= 11 is 0. The number of aryl methyl sites for hydroxylation is 1. The van der Waals surface area contributed by atoms with Gasteiger partial charge in [0.2, 0.25) is 0 Å². The van der Waals surface area contributed by atoms with Gasteiger partial charge in [-0.2, -0.15) is 0 Å². The lowest BCUT2D eigenvalue weighted by atomic mass is 9.90. The van der Waals surface area contributed by atoms with Crippen LogP contribution in [0.4, 0.5) is 0 Å². The number of hydrogen-bond acceptors (Lipinski definition) is 3. The Bertz CT molecular complexity index is 346. The summed E-state index contributed by atoms with van der Waals surface area (Å²) in [5.41, 5.74) is 8.09. The molecular formula is C11H19N3O. The fraction of sp³-hybridized carbons (Fsp3) is 0.727. The first kappa shape index (κ1) is 10.6. The summed E-state index contributed by atoms with van der Waals surface area (Å²) in [5.74, 6) is 1.46. The van der Waals surface area contributed by atoms with Gasteiger partial charge in [0.05, 0.1) is 5.69 Å². The number of fused-ring (bicyclic) bond motifs is 1. The number of nitrogens with two attached hydrogens (primary N) is 1. The van der Waals surface area contributed by atoms with Crippen LogP contribution in [-0.2, 0) is 19.4 Å². The molecule has 0 aliphatic heterocycles. The molecule has 1 atom stereocenters. The van der Waals surface area contributed by atoms with Crippen LogP contribution >= 0.6 is 0 Å². The topological polar surface area (TPSA) is 64.1 Å². The molecule has 3 N–H and O–H groups in total. The van der Waals surface area contributed by atoms with Gasteiger partial charge in [-0.1, -0.05) is 0 Å². The van der Waals surface area contributed by atoms with Gasteiger partial charge in [0, 0.05) is 25.4 Å². The Hall–Kier alpha value is -0.870. The first-order valence-corrected chi connectivity index (χ1v) is 5.62. The van der Waals surface area contributed by atoms with Crippen LogP contribution in [0.3, 0.4) is 0 Å². The Kier molecular flexibility index (Phi) is 3.07. The van der Waals surface area contributed by atoms with Crippen LogP contribution < -0.4 is 5.73 Å². The molecule has 4 heteroatoms. The van der Waals surface area contributed by atoms with Crippen LogP contribution in [0.2, 0.25) is 0 Å². The largest absolute Gasteiger partial charge is 0.396 e. The van der Waals surface area contributed by atoms with Crippen molar-refractivity contribution in [1.29, 1.82) is 0 Å². The molecule has 1 aromatic heterocycles. The van der Waals surface area contributed by atoms with Crippen molar-refractivity contribution in [3.63, 3.8) is 0 Å². The highest BCUT2D eigenvalue weighted by Crippen LogP contribution is 2.25. The lowest BCUT2D eigenvalue weighted by molar-refractivity contribution is 0.211. The van der Waals surface area contributed by atoms with Gasteiger partial charge in [0.1, 0.15) is 5.82 Å². The highest BCUT2D eigenvalue weighted by atomic mass is 16.3. The fourth-order valence-electron chi connectivity index (χ4n) is 2.41. The Morgan fingerprint density at radius 2 is 2.40 bits per heavy atom. The standard InChI is InChI=1S/C11H19N3O/c1-8-13-10-6-9(7-15)2-3-11(10)14(8)5-4-12/h9,15H,2-7,12H2,1H3. The monoisotopic (exact) mass is 209 g/mol. The van der Waals surface area contributed by atoms with Crippen LogP contribution in [0.5, 0.6) is 0 Å². The third kappa shape index (κ3) is 1.92. The zero-order valence-corrected chi connectivity index (χ0v) is 9.24. The van der Waals surface area contributed by atoms with Crippen molar-refractivity contribution in [2.45, 2.75) is 32.7 Å². The van der Waals surface area contributed by atoms with Crippen LogP contribution in [0.25, 0.3) is 0 Å². The second-order valence-electron chi connectivity index (χ2n) is 4.28. The molecular weight excluding hydrogens is 190 g/mol. The minimum absolute atomic E-state index is 0.280. The van der Waals surface area contributed by atoms with Gasteiger partial charge in [-0.15, -0.1) is 0 Å². The molecule has 0 aromatic carbocycles. The summed E-state index contributed by atoms with van der Waals surface area (Å²) in [6.45, 7) is 3.83. The minimum atomic E-state index is 0.280. The van der Waals surface area contributed by atoms with Crippen LogP contribution in [0.15, 0.2) is 0 Å². The summed E-state index contributed by atoms with van der Waals surface area (Å²) in [7, 11) is 0. The molecule has 15 heavy (non-hydrogen) atoms. The normalized spacial score (nSPS) is 20.3. The third-order valence-corrected chi connectivity index (χ3v) is 3.23. The van der Waals surface area contributed by atoms with Gasteiger partial charge in [0.15, 0.2) is 0 Å². The van der Waals surface area contributed by atoms with Crippen molar-refractivity contribution in [3.05, 3.63) is 17.2 Å². The SMILES string of the molecule is Cc1nc2c(n1CCN)CCC(CO)C2. The molecule has 1 aliphatic carbocycles. The van der Waals surface area contributed by atoms with Gasteiger partial charge in [-0.3, -0.25) is 0 Å². The van der Waals surface area contributed by atoms with E-state index in [1.165, 1.54) is 11.4 Å². The van der Waals surface area contributed by atoms with E-state index in [0.29, 0.717) is 12.5 Å². The van der Waals surface area contributed by atoms with E-state index in [0.717, 1.165) is 31.6 Å². The van der Waals surface area contributed by atoms with E-state index in [1.54, 1.807) is 0 Å². The molecule has 0 radical (unpaired) electrons. The predicted molar refractivity (Wildman–Crippen MR) is 58.6 cm³/mol. The average Bonchev–Trinajstić information content (AvgIpc) is 2.55. The molecule has 2 rings (SSSR count). The highest BCUT2D eigenvalue weighted by molar-refractivity contribution is 5.20. The van der Waals surface area contributed by atoms with Crippen LogP contribution in [-0.4, -0.2) is 27.8 Å². The van der Waals surface area contributed by atoms with Crippen molar-refractivity contribution in [3.8, 4) is 0 Å². The van der Waals surface area contributed by atoms with E-state index >= 15 is 0 Å². The Balaban J connectivity index is 2.26. The Labute approximate surface area is 90.1 Å². The Morgan fingerprint density at radius 3 is 3.07 bits per heavy atom. The van der Waals surface area contributed by atoms with Crippen molar-refractivity contribution in [2.24, 2.45) is 11.7 Å². The van der Waals surface area contributed by atoms with Crippen molar-refractivity contribution < 1.29 is 5.11 Å². The molecule has 0 saturated carbocycles. The van der Waals surface area contributed by atoms with Crippen molar-refractivity contribution in [1.82, 2.24) is 9.55 Å². The molecule has 0 spiro atoms. The lowest BCUT2D eigenvalue weighted by Gasteiger charge is -2.20. The molecule has 4 nitrogen and oxygen atoms in total. The van der Waals surface area contributed by atoms with E-state index in [2.05, 4.69) is 9.55 Å². The Morgan fingerprint density at radius 1 is 1.60 bits per heavy atom. The number of aliphatic hydroxyl groups excluding tert-OH is 1. The summed E-state index contributed by atoms with van der Waals surface area (Å²) in [5, 5.41) is 9.14. The summed E-state index contributed by atoms with van der Waals surface area (Å²) in [6, 6.07) is 0. The predicted octanol–water partition coefficient (Wildman–Crippen LogP) is 0.247.